The van der Waals surface area contributed by atoms with Gasteiger partial charge in [-0.25, -0.2) is 4.98 Å². The molecule has 0 unspecified atom stereocenters. The third-order valence-corrected chi connectivity index (χ3v) is 3.80. The molecule has 6 nitrogen and oxygen atoms in total. The number of hydrogen-bond acceptors (Lipinski definition) is 6. The minimum atomic E-state index is -0.127. The van der Waals surface area contributed by atoms with E-state index in [2.05, 4.69) is 10.3 Å². The summed E-state index contributed by atoms with van der Waals surface area (Å²) in [6.45, 7) is 1.89. The minimum Gasteiger partial charge on any atom is -0.493 e. The number of thiazole rings is 1. The first kappa shape index (κ1) is 16.1. The van der Waals surface area contributed by atoms with Gasteiger partial charge in [0.2, 0.25) is 11.7 Å². The van der Waals surface area contributed by atoms with Gasteiger partial charge in [-0.05, 0) is 24.6 Å². The highest BCUT2D eigenvalue weighted by atomic mass is 32.1. The van der Waals surface area contributed by atoms with Crippen LogP contribution in [0.2, 0.25) is 0 Å². The first-order valence-corrected chi connectivity index (χ1v) is 7.40. The molecule has 0 bridgehead atoms. The van der Waals surface area contributed by atoms with Crippen LogP contribution in [0.15, 0.2) is 18.3 Å². The van der Waals surface area contributed by atoms with Gasteiger partial charge in [-0.3, -0.25) is 4.79 Å². The lowest BCUT2D eigenvalue weighted by atomic mass is 10.1. The zero-order chi connectivity index (χ0) is 16.1. The van der Waals surface area contributed by atoms with Crippen LogP contribution in [0, 0.1) is 6.92 Å². The second kappa shape index (κ2) is 7.13. The summed E-state index contributed by atoms with van der Waals surface area (Å²) in [6.07, 6.45) is 1.85. The molecule has 0 aliphatic heterocycles. The molecule has 0 aliphatic carbocycles. The third-order valence-electron chi connectivity index (χ3n) is 2.97. The molecule has 22 heavy (non-hydrogen) atoms. The van der Waals surface area contributed by atoms with Crippen LogP contribution in [0.25, 0.3) is 0 Å². The molecule has 0 atom stereocenters. The highest BCUT2D eigenvalue weighted by Gasteiger charge is 2.15. The van der Waals surface area contributed by atoms with E-state index in [1.54, 1.807) is 39.7 Å². The average Bonchev–Trinajstić information content (AvgIpc) is 2.90. The van der Waals surface area contributed by atoms with E-state index in [9.17, 15) is 4.79 Å². The van der Waals surface area contributed by atoms with E-state index in [1.165, 1.54) is 11.3 Å². The monoisotopic (exact) mass is 322 g/mol. The summed E-state index contributed by atoms with van der Waals surface area (Å²) < 4.78 is 15.8. The van der Waals surface area contributed by atoms with Crippen molar-refractivity contribution >= 4 is 22.2 Å². The molecule has 0 saturated carbocycles. The van der Waals surface area contributed by atoms with Crippen molar-refractivity contribution in [1.29, 1.82) is 0 Å². The van der Waals surface area contributed by atoms with Gasteiger partial charge in [0.25, 0.3) is 0 Å². The van der Waals surface area contributed by atoms with Gasteiger partial charge in [-0.15, -0.1) is 11.3 Å². The van der Waals surface area contributed by atoms with Gasteiger partial charge in [-0.2, -0.15) is 0 Å². The largest absolute Gasteiger partial charge is 0.493 e. The number of anilines is 1. The highest BCUT2D eigenvalue weighted by molar-refractivity contribution is 7.15. The molecule has 1 heterocycles. The third kappa shape index (κ3) is 3.67. The van der Waals surface area contributed by atoms with Crippen LogP contribution in [-0.2, 0) is 11.2 Å². The Morgan fingerprint density at radius 1 is 1.18 bits per heavy atom. The highest BCUT2D eigenvalue weighted by Crippen LogP contribution is 2.38. The van der Waals surface area contributed by atoms with E-state index in [0.717, 1.165) is 15.6 Å². The number of aryl methyl sites for hydroxylation is 1. The summed E-state index contributed by atoms with van der Waals surface area (Å²) in [4.78, 5) is 16.2. The number of carbonyl (C=O) groups excluding carboxylic acids is 1. The lowest BCUT2D eigenvalue weighted by Gasteiger charge is -2.14. The normalized spacial score (nSPS) is 10.2. The second-order valence-electron chi connectivity index (χ2n) is 4.50. The Balaban J connectivity index is 2.16. The van der Waals surface area contributed by atoms with Crippen LogP contribution in [0.3, 0.4) is 0 Å². The van der Waals surface area contributed by atoms with E-state index in [1.807, 2.05) is 6.92 Å². The Kier molecular flexibility index (Phi) is 5.21. The van der Waals surface area contributed by atoms with E-state index in [-0.39, 0.29) is 12.3 Å². The fourth-order valence-corrected chi connectivity index (χ4v) is 2.72. The Hall–Kier alpha value is -2.28. The van der Waals surface area contributed by atoms with Gasteiger partial charge in [-0.1, -0.05) is 0 Å². The van der Waals surface area contributed by atoms with Gasteiger partial charge in [0.1, 0.15) is 5.00 Å². The zero-order valence-electron chi connectivity index (χ0n) is 12.9. The number of ether oxygens (including phenoxy) is 3. The molecule has 0 radical (unpaired) electrons. The van der Waals surface area contributed by atoms with Gasteiger partial charge in [0.05, 0.1) is 39.0 Å². The van der Waals surface area contributed by atoms with Gasteiger partial charge >= 0.3 is 0 Å². The summed E-state index contributed by atoms with van der Waals surface area (Å²) in [5, 5.41) is 4.46. The molecule has 1 aromatic heterocycles. The second-order valence-corrected chi connectivity index (χ2v) is 5.74. The molecule has 0 aliphatic rings. The van der Waals surface area contributed by atoms with Crippen LogP contribution in [-0.4, -0.2) is 32.2 Å². The van der Waals surface area contributed by atoms with Crippen LogP contribution in [0.1, 0.15) is 10.6 Å². The number of aromatic nitrogens is 1. The van der Waals surface area contributed by atoms with E-state index < -0.39 is 0 Å². The molecular weight excluding hydrogens is 304 g/mol. The van der Waals surface area contributed by atoms with E-state index >= 15 is 0 Å². The standard InChI is InChI=1S/C15H18N2O4S/c1-9-16-8-14(22-9)17-13(18)7-10-5-11(19-2)15(21-4)12(6-10)20-3/h5-6,8H,7H2,1-4H3,(H,17,18). The van der Waals surface area contributed by atoms with E-state index in [0.29, 0.717) is 17.2 Å². The summed E-state index contributed by atoms with van der Waals surface area (Å²) in [6, 6.07) is 3.53. The quantitative estimate of drug-likeness (QED) is 0.885. The number of rotatable bonds is 6. The summed E-state index contributed by atoms with van der Waals surface area (Å²) in [5.74, 6) is 1.43. The molecule has 118 valence electrons. The Labute approximate surface area is 133 Å². The van der Waals surface area contributed by atoms with Crippen molar-refractivity contribution in [3.8, 4) is 17.2 Å². The van der Waals surface area contributed by atoms with Crippen molar-refractivity contribution in [2.75, 3.05) is 26.6 Å². The molecule has 0 saturated heterocycles. The molecular formula is C15H18N2O4S. The van der Waals surface area contributed by atoms with Crippen molar-refractivity contribution in [1.82, 2.24) is 4.98 Å². The van der Waals surface area contributed by atoms with Crippen LogP contribution < -0.4 is 19.5 Å². The molecule has 1 amide bonds. The Morgan fingerprint density at radius 2 is 1.82 bits per heavy atom. The number of nitrogens with zero attached hydrogens (tertiary/aromatic N) is 1. The lowest BCUT2D eigenvalue weighted by Crippen LogP contribution is -2.13. The molecule has 7 heteroatoms. The Morgan fingerprint density at radius 3 is 2.27 bits per heavy atom. The number of methoxy groups -OCH3 is 3. The molecule has 0 fully saturated rings. The average molecular weight is 322 g/mol. The maximum Gasteiger partial charge on any atom is 0.229 e. The van der Waals surface area contributed by atoms with Crippen molar-refractivity contribution in [2.45, 2.75) is 13.3 Å². The topological polar surface area (TPSA) is 69.7 Å². The smallest absolute Gasteiger partial charge is 0.229 e. The van der Waals surface area contributed by atoms with Gasteiger partial charge in [0, 0.05) is 0 Å². The molecule has 1 aromatic carbocycles. The SMILES string of the molecule is COc1cc(CC(=O)Nc2cnc(C)s2)cc(OC)c1OC. The number of amides is 1. The van der Waals surface area contributed by atoms with Gasteiger partial charge < -0.3 is 19.5 Å². The fraction of sp³-hybridized carbons (Fsp3) is 0.333. The molecule has 1 N–H and O–H groups in total. The first-order valence-electron chi connectivity index (χ1n) is 6.58. The van der Waals surface area contributed by atoms with Crippen LogP contribution in [0.4, 0.5) is 5.00 Å². The summed E-state index contributed by atoms with van der Waals surface area (Å²) >= 11 is 1.44. The lowest BCUT2D eigenvalue weighted by molar-refractivity contribution is -0.115. The predicted molar refractivity (Wildman–Crippen MR) is 85.3 cm³/mol. The number of carbonyl (C=O) groups is 1. The minimum absolute atomic E-state index is 0.127. The van der Waals surface area contributed by atoms with Crippen LogP contribution in [0.5, 0.6) is 17.2 Å². The maximum atomic E-state index is 12.1. The number of nitrogens with one attached hydrogen (secondary N) is 1. The van der Waals surface area contributed by atoms with Crippen molar-refractivity contribution in [2.24, 2.45) is 0 Å². The Bertz CT molecular complexity index is 644. The van der Waals surface area contributed by atoms with Crippen molar-refractivity contribution in [3.63, 3.8) is 0 Å². The molecule has 2 aromatic rings. The van der Waals surface area contributed by atoms with Crippen molar-refractivity contribution in [3.05, 3.63) is 28.9 Å². The van der Waals surface area contributed by atoms with Gasteiger partial charge in [0.15, 0.2) is 11.5 Å². The molecule has 2 rings (SSSR count). The summed E-state index contributed by atoms with van der Waals surface area (Å²) in [5.41, 5.74) is 0.772. The first-order chi connectivity index (χ1) is 10.6. The number of hydrogen-bond donors (Lipinski definition) is 1. The fourth-order valence-electron chi connectivity index (χ4n) is 2.02. The summed E-state index contributed by atoms with van der Waals surface area (Å²) in [7, 11) is 4.63. The molecule has 0 spiro atoms. The maximum absolute atomic E-state index is 12.1. The van der Waals surface area contributed by atoms with Crippen molar-refractivity contribution < 1.29 is 19.0 Å². The predicted octanol–water partition coefficient (Wildman–Crippen LogP) is 2.66. The zero-order valence-corrected chi connectivity index (χ0v) is 13.7. The number of benzene rings is 1. The van der Waals surface area contributed by atoms with E-state index in [4.69, 9.17) is 14.2 Å². The van der Waals surface area contributed by atoms with Crippen LogP contribution >= 0.6 is 11.3 Å².